The number of hydrogen-bond donors (Lipinski definition) is 1. The molecule has 1 aromatic carbocycles. The van der Waals surface area contributed by atoms with Crippen LogP contribution >= 0.6 is 23.1 Å². The van der Waals surface area contributed by atoms with E-state index in [2.05, 4.69) is 10.1 Å². The molecule has 0 saturated carbocycles. The third-order valence-electron chi connectivity index (χ3n) is 2.71. The molecule has 0 saturated heterocycles. The molecule has 0 fully saturated rings. The SMILES string of the molecule is O=C(O)c1ccc(SCc2noc(-c3ccsc3)n2)cc1. The van der Waals surface area contributed by atoms with Crippen LogP contribution < -0.4 is 0 Å². The van der Waals surface area contributed by atoms with Crippen molar-refractivity contribution in [1.82, 2.24) is 10.1 Å². The zero-order valence-electron chi connectivity index (χ0n) is 10.7. The summed E-state index contributed by atoms with van der Waals surface area (Å²) in [6.07, 6.45) is 0. The van der Waals surface area contributed by atoms with Crippen LogP contribution in [0, 0.1) is 0 Å². The van der Waals surface area contributed by atoms with Crippen molar-refractivity contribution >= 4 is 29.1 Å². The molecular formula is C14H10N2O3S2. The molecule has 1 N–H and O–H groups in total. The van der Waals surface area contributed by atoms with Crippen LogP contribution in [-0.4, -0.2) is 21.2 Å². The first kappa shape index (κ1) is 13.8. The molecule has 0 amide bonds. The Morgan fingerprint density at radius 1 is 1.29 bits per heavy atom. The van der Waals surface area contributed by atoms with E-state index in [1.165, 1.54) is 11.8 Å². The third-order valence-corrected chi connectivity index (χ3v) is 4.40. The summed E-state index contributed by atoms with van der Waals surface area (Å²) in [7, 11) is 0. The number of aromatic carboxylic acids is 1. The monoisotopic (exact) mass is 318 g/mol. The van der Waals surface area contributed by atoms with Gasteiger partial charge in [0.05, 0.1) is 16.9 Å². The average molecular weight is 318 g/mol. The summed E-state index contributed by atoms with van der Waals surface area (Å²) in [4.78, 5) is 16.1. The van der Waals surface area contributed by atoms with E-state index in [0.29, 0.717) is 17.5 Å². The van der Waals surface area contributed by atoms with Crippen molar-refractivity contribution in [2.75, 3.05) is 0 Å². The zero-order valence-corrected chi connectivity index (χ0v) is 12.4. The Kier molecular flexibility index (Phi) is 4.03. The normalized spacial score (nSPS) is 10.7. The summed E-state index contributed by atoms with van der Waals surface area (Å²) < 4.78 is 5.20. The van der Waals surface area contributed by atoms with E-state index in [-0.39, 0.29) is 5.56 Å². The minimum atomic E-state index is -0.926. The topological polar surface area (TPSA) is 76.2 Å². The fraction of sp³-hybridized carbons (Fsp3) is 0.0714. The van der Waals surface area contributed by atoms with E-state index >= 15 is 0 Å². The van der Waals surface area contributed by atoms with Crippen LogP contribution in [0.4, 0.5) is 0 Å². The minimum Gasteiger partial charge on any atom is -0.478 e. The maximum atomic E-state index is 10.8. The molecule has 5 nitrogen and oxygen atoms in total. The highest BCUT2D eigenvalue weighted by Gasteiger charge is 2.09. The number of carbonyl (C=O) groups is 1. The molecule has 0 bridgehead atoms. The fourth-order valence-electron chi connectivity index (χ4n) is 1.66. The summed E-state index contributed by atoms with van der Waals surface area (Å²) >= 11 is 3.11. The molecule has 0 spiro atoms. The molecule has 2 aromatic heterocycles. The molecule has 21 heavy (non-hydrogen) atoms. The summed E-state index contributed by atoms with van der Waals surface area (Å²) in [5, 5.41) is 16.7. The Morgan fingerprint density at radius 3 is 2.76 bits per heavy atom. The van der Waals surface area contributed by atoms with Gasteiger partial charge in [-0.2, -0.15) is 16.3 Å². The lowest BCUT2D eigenvalue weighted by Gasteiger charge is -1.99. The van der Waals surface area contributed by atoms with Crippen LogP contribution in [0.25, 0.3) is 11.5 Å². The highest BCUT2D eigenvalue weighted by molar-refractivity contribution is 7.98. The molecule has 0 unspecified atom stereocenters. The van der Waals surface area contributed by atoms with Gasteiger partial charge in [-0.15, -0.1) is 11.8 Å². The Labute approximate surface area is 128 Å². The molecule has 7 heteroatoms. The molecular weight excluding hydrogens is 308 g/mol. The van der Waals surface area contributed by atoms with Crippen molar-refractivity contribution in [3.05, 3.63) is 52.5 Å². The first-order valence-corrected chi connectivity index (χ1v) is 7.96. The van der Waals surface area contributed by atoms with Crippen LogP contribution in [0.1, 0.15) is 16.2 Å². The van der Waals surface area contributed by atoms with Crippen molar-refractivity contribution in [2.45, 2.75) is 10.6 Å². The number of thiophene rings is 1. The molecule has 3 aromatic rings. The molecule has 0 radical (unpaired) electrons. The number of benzene rings is 1. The second kappa shape index (κ2) is 6.11. The largest absolute Gasteiger partial charge is 0.478 e. The molecule has 0 atom stereocenters. The Bertz CT molecular complexity index is 736. The molecule has 2 heterocycles. The summed E-state index contributed by atoms with van der Waals surface area (Å²) in [5.74, 6) is 0.779. The number of carboxylic acid groups (broad SMARTS) is 1. The first-order chi connectivity index (χ1) is 10.2. The first-order valence-electron chi connectivity index (χ1n) is 6.04. The number of aromatic nitrogens is 2. The highest BCUT2D eigenvalue weighted by atomic mass is 32.2. The Morgan fingerprint density at radius 2 is 2.10 bits per heavy atom. The van der Waals surface area contributed by atoms with Gasteiger partial charge in [0.1, 0.15) is 0 Å². The van der Waals surface area contributed by atoms with Crippen molar-refractivity contribution in [3.63, 3.8) is 0 Å². The lowest BCUT2D eigenvalue weighted by molar-refractivity contribution is 0.0697. The van der Waals surface area contributed by atoms with Gasteiger partial charge in [0.2, 0.25) is 0 Å². The minimum absolute atomic E-state index is 0.277. The number of carboxylic acids is 1. The van der Waals surface area contributed by atoms with Gasteiger partial charge >= 0.3 is 5.97 Å². The number of thioether (sulfide) groups is 1. The van der Waals surface area contributed by atoms with Gasteiger partial charge in [-0.3, -0.25) is 0 Å². The van der Waals surface area contributed by atoms with Crippen LogP contribution in [-0.2, 0) is 5.75 Å². The van der Waals surface area contributed by atoms with Crippen molar-refractivity contribution in [2.24, 2.45) is 0 Å². The van der Waals surface area contributed by atoms with Crippen LogP contribution in [0.15, 0.2) is 50.5 Å². The van der Waals surface area contributed by atoms with Gasteiger partial charge in [0, 0.05) is 10.3 Å². The molecule has 3 rings (SSSR count). The second-order valence-electron chi connectivity index (χ2n) is 4.15. The lowest BCUT2D eigenvalue weighted by atomic mass is 10.2. The summed E-state index contributed by atoms with van der Waals surface area (Å²) in [5.41, 5.74) is 1.20. The van der Waals surface area contributed by atoms with Crippen molar-refractivity contribution in [1.29, 1.82) is 0 Å². The number of hydrogen-bond acceptors (Lipinski definition) is 6. The van der Waals surface area contributed by atoms with Crippen LogP contribution in [0.2, 0.25) is 0 Å². The quantitative estimate of drug-likeness (QED) is 0.721. The van der Waals surface area contributed by atoms with Gasteiger partial charge in [0.25, 0.3) is 5.89 Å². The van der Waals surface area contributed by atoms with Crippen molar-refractivity contribution in [3.8, 4) is 11.5 Å². The van der Waals surface area contributed by atoms with Gasteiger partial charge in [-0.05, 0) is 35.7 Å². The maximum Gasteiger partial charge on any atom is 0.335 e. The predicted octanol–water partition coefficient (Wildman–Crippen LogP) is 3.79. The maximum absolute atomic E-state index is 10.8. The van der Waals surface area contributed by atoms with Crippen LogP contribution in [0.5, 0.6) is 0 Å². The highest BCUT2D eigenvalue weighted by Crippen LogP contribution is 2.24. The molecule has 0 aliphatic rings. The molecule has 0 aliphatic heterocycles. The van der Waals surface area contributed by atoms with E-state index in [9.17, 15) is 4.79 Å². The molecule has 106 valence electrons. The van der Waals surface area contributed by atoms with E-state index in [0.717, 1.165) is 10.5 Å². The zero-order chi connectivity index (χ0) is 14.7. The Hall–Kier alpha value is -2.12. The van der Waals surface area contributed by atoms with Gasteiger partial charge < -0.3 is 9.63 Å². The standard InChI is InChI=1S/C14H10N2O3S2/c17-14(18)9-1-3-11(4-2-9)21-8-12-15-13(19-16-12)10-5-6-20-7-10/h1-7H,8H2,(H,17,18). The van der Waals surface area contributed by atoms with E-state index in [1.807, 2.05) is 16.8 Å². The van der Waals surface area contributed by atoms with Crippen molar-refractivity contribution < 1.29 is 14.4 Å². The van der Waals surface area contributed by atoms with Gasteiger partial charge in [0.15, 0.2) is 5.82 Å². The van der Waals surface area contributed by atoms with E-state index in [1.54, 1.807) is 35.6 Å². The number of rotatable bonds is 5. The van der Waals surface area contributed by atoms with E-state index < -0.39 is 5.97 Å². The molecule has 0 aliphatic carbocycles. The summed E-state index contributed by atoms with van der Waals surface area (Å²) in [6.45, 7) is 0. The smallest absolute Gasteiger partial charge is 0.335 e. The average Bonchev–Trinajstić information content (AvgIpc) is 3.16. The van der Waals surface area contributed by atoms with Crippen LogP contribution in [0.3, 0.4) is 0 Å². The third kappa shape index (κ3) is 3.32. The van der Waals surface area contributed by atoms with Gasteiger partial charge in [-0.25, -0.2) is 4.79 Å². The van der Waals surface area contributed by atoms with Gasteiger partial charge in [-0.1, -0.05) is 5.16 Å². The lowest BCUT2D eigenvalue weighted by Crippen LogP contribution is -1.94. The second-order valence-corrected chi connectivity index (χ2v) is 5.97. The van der Waals surface area contributed by atoms with E-state index in [4.69, 9.17) is 9.63 Å². The predicted molar refractivity (Wildman–Crippen MR) is 80.6 cm³/mol. The summed E-state index contributed by atoms with van der Waals surface area (Å²) in [6, 6.07) is 8.64. The number of nitrogens with zero attached hydrogens (tertiary/aromatic N) is 2. The Balaban J connectivity index is 1.64. The fourth-order valence-corrected chi connectivity index (χ4v) is 3.03.